The van der Waals surface area contributed by atoms with Gasteiger partial charge < -0.3 is 10.6 Å². The molecule has 1 saturated heterocycles. The Bertz CT molecular complexity index is 133. The first-order chi connectivity index (χ1) is 5.90. The number of nitrogens with one attached hydrogen (secondary N) is 2. The van der Waals surface area contributed by atoms with Gasteiger partial charge in [0.25, 0.3) is 0 Å². The van der Waals surface area contributed by atoms with Crippen molar-refractivity contribution in [3.05, 3.63) is 0 Å². The maximum absolute atomic E-state index is 3.73. The Morgan fingerprint density at radius 3 is 2.92 bits per heavy atom. The van der Waals surface area contributed by atoms with Gasteiger partial charge in [0, 0.05) is 18.6 Å². The van der Waals surface area contributed by atoms with Gasteiger partial charge in [-0.1, -0.05) is 12.8 Å². The fourth-order valence-corrected chi connectivity index (χ4v) is 2.83. The summed E-state index contributed by atoms with van der Waals surface area (Å²) in [7, 11) is 2.05. The van der Waals surface area contributed by atoms with Crippen LogP contribution < -0.4 is 10.6 Å². The predicted octanol–water partition coefficient (Wildman–Crippen LogP) is 1.13. The molecule has 0 radical (unpaired) electrons. The van der Waals surface area contributed by atoms with E-state index in [0.717, 1.165) is 24.5 Å². The molecule has 1 heterocycles. The van der Waals surface area contributed by atoms with Gasteiger partial charge in [0.2, 0.25) is 0 Å². The third kappa shape index (κ3) is 1.64. The molecule has 0 aromatic carbocycles. The number of rotatable bonds is 2. The minimum absolute atomic E-state index is 0.753. The molecule has 1 aliphatic heterocycles. The standard InChI is InChI=1S/C10H20N2/c1-11-7-9-6-8-4-2-3-5-10(8)12-9/h8-12H,2-7H2,1H3. The van der Waals surface area contributed by atoms with Crippen molar-refractivity contribution in [1.82, 2.24) is 10.6 Å². The molecule has 2 nitrogen and oxygen atoms in total. The Morgan fingerprint density at radius 2 is 2.17 bits per heavy atom. The van der Waals surface area contributed by atoms with Gasteiger partial charge in [-0.05, 0) is 32.2 Å². The highest BCUT2D eigenvalue weighted by atomic mass is 15.0. The summed E-state index contributed by atoms with van der Waals surface area (Å²) in [6.45, 7) is 1.15. The molecule has 0 amide bonds. The maximum Gasteiger partial charge on any atom is 0.0198 e. The average Bonchev–Trinajstić information content (AvgIpc) is 2.47. The van der Waals surface area contributed by atoms with Crippen molar-refractivity contribution in [3.63, 3.8) is 0 Å². The van der Waals surface area contributed by atoms with Gasteiger partial charge in [-0.3, -0.25) is 0 Å². The Labute approximate surface area is 75.1 Å². The van der Waals surface area contributed by atoms with Crippen LogP contribution in [0.1, 0.15) is 32.1 Å². The van der Waals surface area contributed by atoms with Gasteiger partial charge in [-0.25, -0.2) is 0 Å². The molecule has 0 aromatic rings. The Kier molecular flexibility index (Phi) is 2.66. The second kappa shape index (κ2) is 3.75. The summed E-state index contributed by atoms with van der Waals surface area (Å²) in [5.41, 5.74) is 0. The summed E-state index contributed by atoms with van der Waals surface area (Å²) >= 11 is 0. The normalized spacial score (nSPS) is 41.2. The first-order valence-electron chi connectivity index (χ1n) is 5.31. The lowest BCUT2D eigenvalue weighted by Gasteiger charge is -2.24. The van der Waals surface area contributed by atoms with Gasteiger partial charge in [-0.15, -0.1) is 0 Å². The van der Waals surface area contributed by atoms with Crippen molar-refractivity contribution in [2.75, 3.05) is 13.6 Å². The van der Waals surface area contributed by atoms with E-state index in [4.69, 9.17) is 0 Å². The Hall–Kier alpha value is -0.0800. The molecule has 0 spiro atoms. The van der Waals surface area contributed by atoms with E-state index in [1.54, 1.807) is 0 Å². The number of fused-ring (bicyclic) bond motifs is 1. The van der Waals surface area contributed by atoms with Crippen LogP contribution in [0.4, 0.5) is 0 Å². The smallest absolute Gasteiger partial charge is 0.0198 e. The molecule has 0 bridgehead atoms. The Balaban J connectivity index is 1.85. The van der Waals surface area contributed by atoms with Gasteiger partial charge in [0.05, 0.1) is 0 Å². The van der Waals surface area contributed by atoms with E-state index in [0.29, 0.717) is 0 Å². The van der Waals surface area contributed by atoms with E-state index in [9.17, 15) is 0 Å². The van der Waals surface area contributed by atoms with Crippen molar-refractivity contribution in [2.24, 2.45) is 5.92 Å². The van der Waals surface area contributed by atoms with Crippen molar-refractivity contribution in [2.45, 2.75) is 44.2 Å². The molecule has 0 aromatic heterocycles. The van der Waals surface area contributed by atoms with Crippen LogP contribution in [0, 0.1) is 5.92 Å². The van der Waals surface area contributed by atoms with E-state index in [-0.39, 0.29) is 0 Å². The highest BCUT2D eigenvalue weighted by molar-refractivity contribution is 4.93. The van der Waals surface area contributed by atoms with Gasteiger partial charge in [0.1, 0.15) is 0 Å². The largest absolute Gasteiger partial charge is 0.318 e. The quantitative estimate of drug-likeness (QED) is 0.646. The third-order valence-corrected chi connectivity index (χ3v) is 3.40. The number of likely N-dealkylation sites (N-methyl/N-ethyl adjacent to an activating group) is 1. The summed E-state index contributed by atoms with van der Waals surface area (Å²) in [6, 6.07) is 1.61. The van der Waals surface area contributed by atoms with Crippen LogP contribution in [0.3, 0.4) is 0 Å². The van der Waals surface area contributed by atoms with E-state index >= 15 is 0 Å². The molecule has 1 aliphatic carbocycles. The second-order valence-corrected chi connectivity index (χ2v) is 4.31. The predicted molar refractivity (Wildman–Crippen MR) is 51.2 cm³/mol. The summed E-state index contributed by atoms with van der Waals surface area (Å²) < 4.78 is 0. The van der Waals surface area contributed by atoms with Crippen LogP contribution in [-0.2, 0) is 0 Å². The van der Waals surface area contributed by atoms with Crippen molar-refractivity contribution >= 4 is 0 Å². The van der Waals surface area contributed by atoms with Crippen LogP contribution >= 0.6 is 0 Å². The molecule has 3 unspecified atom stereocenters. The second-order valence-electron chi connectivity index (χ2n) is 4.31. The molecule has 3 atom stereocenters. The van der Waals surface area contributed by atoms with Gasteiger partial charge in [0.15, 0.2) is 0 Å². The first kappa shape index (κ1) is 8.52. The minimum atomic E-state index is 0.753. The van der Waals surface area contributed by atoms with E-state index < -0.39 is 0 Å². The Morgan fingerprint density at radius 1 is 1.33 bits per heavy atom. The molecule has 12 heavy (non-hydrogen) atoms. The van der Waals surface area contributed by atoms with Crippen LogP contribution in [0.15, 0.2) is 0 Å². The molecule has 2 heteroatoms. The fraction of sp³-hybridized carbons (Fsp3) is 1.00. The topological polar surface area (TPSA) is 24.1 Å². The zero-order chi connectivity index (χ0) is 8.39. The monoisotopic (exact) mass is 168 g/mol. The lowest BCUT2D eigenvalue weighted by Crippen LogP contribution is -2.37. The average molecular weight is 168 g/mol. The SMILES string of the molecule is CNCC1CC2CCCCC2N1. The molecule has 1 saturated carbocycles. The molecule has 2 N–H and O–H groups in total. The van der Waals surface area contributed by atoms with Gasteiger partial charge in [-0.2, -0.15) is 0 Å². The van der Waals surface area contributed by atoms with Crippen molar-refractivity contribution in [1.29, 1.82) is 0 Å². The number of hydrogen-bond donors (Lipinski definition) is 2. The lowest BCUT2D eigenvalue weighted by atomic mass is 9.85. The number of hydrogen-bond acceptors (Lipinski definition) is 2. The summed E-state index contributed by atoms with van der Waals surface area (Å²) in [5.74, 6) is 0.997. The summed E-state index contributed by atoms with van der Waals surface area (Å²) in [6.07, 6.45) is 7.21. The van der Waals surface area contributed by atoms with Crippen molar-refractivity contribution < 1.29 is 0 Å². The third-order valence-electron chi connectivity index (χ3n) is 3.40. The molecular weight excluding hydrogens is 148 g/mol. The van der Waals surface area contributed by atoms with Crippen LogP contribution in [0.2, 0.25) is 0 Å². The molecule has 2 fully saturated rings. The molecular formula is C10H20N2. The molecule has 70 valence electrons. The van der Waals surface area contributed by atoms with Crippen molar-refractivity contribution in [3.8, 4) is 0 Å². The first-order valence-corrected chi connectivity index (χ1v) is 5.31. The highest BCUT2D eigenvalue weighted by Gasteiger charge is 2.34. The van der Waals surface area contributed by atoms with E-state index in [1.165, 1.54) is 32.1 Å². The van der Waals surface area contributed by atoms with E-state index in [2.05, 4.69) is 10.6 Å². The molecule has 2 aliphatic rings. The lowest BCUT2D eigenvalue weighted by molar-refractivity contribution is 0.325. The minimum Gasteiger partial charge on any atom is -0.318 e. The van der Waals surface area contributed by atoms with Crippen LogP contribution in [0.25, 0.3) is 0 Å². The maximum atomic E-state index is 3.73. The van der Waals surface area contributed by atoms with Crippen LogP contribution in [-0.4, -0.2) is 25.7 Å². The summed E-state index contributed by atoms with van der Waals surface area (Å²) in [4.78, 5) is 0. The molecule has 2 rings (SSSR count). The summed E-state index contributed by atoms with van der Waals surface area (Å²) in [5, 5.41) is 6.99. The van der Waals surface area contributed by atoms with Gasteiger partial charge >= 0.3 is 0 Å². The van der Waals surface area contributed by atoms with Crippen LogP contribution in [0.5, 0.6) is 0 Å². The fourth-order valence-electron chi connectivity index (χ4n) is 2.83. The highest BCUT2D eigenvalue weighted by Crippen LogP contribution is 2.32. The van der Waals surface area contributed by atoms with E-state index in [1.807, 2.05) is 7.05 Å². The zero-order valence-corrected chi connectivity index (χ0v) is 7.97. The zero-order valence-electron chi connectivity index (χ0n) is 7.97.